The molecule has 2 atom stereocenters. The lowest BCUT2D eigenvalue weighted by Gasteiger charge is -2.29. The van der Waals surface area contributed by atoms with E-state index in [9.17, 15) is 0 Å². The molecule has 1 aromatic carbocycles. The van der Waals surface area contributed by atoms with Crippen LogP contribution in [0.25, 0.3) is 0 Å². The molecule has 0 saturated carbocycles. The van der Waals surface area contributed by atoms with Gasteiger partial charge in [-0.3, -0.25) is 5.84 Å². The zero-order chi connectivity index (χ0) is 11.2. The predicted octanol–water partition coefficient (Wildman–Crippen LogP) is 0.675. The van der Waals surface area contributed by atoms with Gasteiger partial charge in [0.05, 0.1) is 0 Å². The third-order valence-electron chi connectivity index (χ3n) is 4.15. The van der Waals surface area contributed by atoms with Gasteiger partial charge in [-0.2, -0.15) is 0 Å². The first-order chi connectivity index (χ1) is 7.71. The first kappa shape index (κ1) is 10.3. The Morgan fingerprint density at radius 2 is 1.94 bits per heavy atom. The van der Waals surface area contributed by atoms with Gasteiger partial charge in [0.25, 0.3) is 0 Å². The zero-order valence-corrected chi connectivity index (χ0v) is 9.76. The normalized spacial score (nSPS) is 35.5. The number of nitrogens with zero attached hydrogens (tertiary/aromatic N) is 2. The molecule has 0 spiro atoms. The van der Waals surface area contributed by atoms with Gasteiger partial charge in [0.1, 0.15) is 0 Å². The highest BCUT2D eigenvalue weighted by atomic mass is 15.4. The third kappa shape index (κ3) is 1.39. The number of benzene rings is 1. The lowest BCUT2D eigenvalue weighted by Crippen LogP contribution is -2.39. The lowest BCUT2D eigenvalue weighted by molar-refractivity contribution is 0.275. The van der Waals surface area contributed by atoms with Gasteiger partial charge < -0.3 is 4.90 Å². The van der Waals surface area contributed by atoms with Crippen LogP contribution in [-0.4, -0.2) is 43.1 Å². The van der Waals surface area contributed by atoms with Gasteiger partial charge in [0.15, 0.2) is 0 Å². The summed E-state index contributed by atoms with van der Waals surface area (Å²) in [7, 11) is 2.21. The molecule has 3 heteroatoms. The fourth-order valence-electron chi connectivity index (χ4n) is 3.54. The number of hydrogen-bond donors (Lipinski definition) is 1. The summed E-state index contributed by atoms with van der Waals surface area (Å²) in [5.74, 6) is 6.69. The van der Waals surface area contributed by atoms with Crippen LogP contribution in [0.2, 0.25) is 0 Å². The van der Waals surface area contributed by atoms with Gasteiger partial charge in [-0.1, -0.05) is 30.3 Å². The molecule has 2 heterocycles. The maximum absolute atomic E-state index is 6.01. The maximum Gasteiger partial charge on any atom is 0.0274 e. The summed E-state index contributed by atoms with van der Waals surface area (Å²) < 4.78 is 0. The Morgan fingerprint density at radius 1 is 1.19 bits per heavy atom. The summed E-state index contributed by atoms with van der Waals surface area (Å²) in [6.07, 6.45) is 0. The van der Waals surface area contributed by atoms with Gasteiger partial charge in [0.2, 0.25) is 0 Å². The molecule has 0 aromatic heterocycles. The van der Waals surface area contributed by atoms with Crippen molar-refractivity contribution in [2.24, 2.45) is 11.8 Å². The minimum absolute atomic E-state index is 0.269. The SMILES string of the molecule is CN1C[C@H]2CN(N)C[C@@]2(c2ccccc2)C1. The topological polar surface area (TPSA) is 32.5 Å². The van der Waals surface area contributed by atoms with E-state index >= 15 is 0 Å². The van der Waals surface area contributed by atoms with Crippen LogP contribution in [0.4, 0.5) is 0 Å². The minimum atomic E-state index is 0.269. The van der Waals surface area contributed by atoms with Crippen LogP contribution in [0.3, 0.4) is 0 Å². The number of likely N-dealkylation sites (tertiary alicyclic amines) is 1. The molecular weight excluding hydrogens is 198 g/mol. The van der Waals surface area contributed by atoms with E-state index in [0.717, 1.165) is 19.6 Å². The average Bonchev–Trinajstić information content (AvgIpc) is 2.71. The molecule has 0 amide bonds. The van der Waals surface area contributed by atoms with Crippen LogP contribution < -0.4 is 5.84 Å². The number of hydrazine groups is 1. The van der Waals surface area contributed by atoms with Gasteiger partial charge in [0, 0.05) is 31.6 Å². The van der Waals surface area contributed by atoms with E-state index in [2.05, 4.69) is 42.3 Å². The highest BCUT2D eigenvalue weighted by Gasteiger charge is 2.51. The first-order valence-electron chi connectivity index (χ1n) is 5.94. The van der Waals surface area contributed by atoms with Crippen molar-refractivity contribution in [1.82, 2.24) is 9.91 Å². The molecule has 3 rings (SSSR count). The average molecular weight is 217 g/mol. The van der Waals surface area contributed by atoms with E-state index in [1.165, 1.54) is 12.1 Å². The Labute approximate surface area is 96.8 Å². The van der Waals surface area contributed by atoms with E-state index in [1.54, 1.807) is 0 Å². The summed E-state index contributed by atoms with van der Waals surface area (Å²) in [5, 5.41) is 1.99. The molecular formula is C13H19N3. The highest BCUT2D eigenvalue weighted by molar-refractivity contribution is 5.31. The van der Waals surface area contributed by atoms with Crippen LogP contribution in [0.1, 0.15) is 5.56 Å². The van der Waals surface area contributed by atoms with Crippen molar-refractivity contribution in [3.63, 3.8) is 0 Å². The molecule has 3 nitrogen and oxygen atoms in total. The van der Waals surface area contributed by atoms with E-state index in [0.29, 0.717) is 5.92 Å². The van der Waals surface area contributed by atoms with Gasteiger partial charge in [-0.15, -0.1) is 0 Å². The number of likely N-dealkylation sites (N-methyl/N-ethyl adjacent to an activating group) is 1. The van der Waals surface area contributed by atoms with Crippen LogP contribution in [0.15, 0.2) is 30.3 Å². The van der Waals surface area contributed by atoms with E-state index < -0.39 is 0 Å². The Hall–Kier alpha value is -0.900. The zero-order valence-electron chi connectivity index (χ0n) is 9.76. The van der Waals surface area contributed by atoms with Crippen molar-refractivity contribution in [1.29, 1.82) is 0 Å². The Morgan fingerprint density at radius 3 is 2.69 bits per heavy atom. The van der Waals surface area contributed by atoms with Gasteiger partial charge in [-0.25, -0.2) is 5.01 Å². The molecule has 2 N–H and O–H groups in total. The summed E-state index contributed by atoms with van der Waals surface area (Å²) in [6.45, 7) is 4.32. The predicted molar refractivity (Wildman–Crippen MR) is 64.9 cm³/mol. The van der Waals surface area contributed by atoms with E-state index in [-0.39, 0.29) is 5.41 Å². The summed E-state index contributed by atoms with van der Waals surface area (Å²) in [4.78, 5) is 2.44. The lowest BCUT2D eigenvalue weighted by atomic mass is 9.75. The number of hydrogen-bond acceptors (Lipinski definition) is 3. The largest absolute Gasteiger partial charge is 0.305 e. The molecule has 1 aromatic rings. The van der Waals surface area contributed by atoms with Crippen LogP contribution in [0, 0.1) is 5.92 Å². The molecule has 0 unspecified atom stereocenters. The number of nitrogens with two attached hydrogens (primary N) is 1. The highest BCUT2D eigenvalue weighted by Crippen LogP contribution is 2.43. The quantitative estimate of drug-likeness (QED) is 0.702. The van der Waals surface area contributed by atoms with Crippen molar-refractivity contribution in [2.75, 3.05) is 33.2 Å². The maximum atomic E-state index is 6.01. The number of rotatable bonds is 1. The van der Waals surface area contributed by atoms with E-state index in [4.69, 9.17) is 5.84 Å². The molecule has 0 aliphatic carbocycles. The second-order valence-corrected chi connectivity index (χ2v) is 5.35. The van der Waals surface area contributed by atoms with Crippen molar-refractivity contribution in [3.05, 3.63) is 35.9 Å². The second-order valence-electron chi connectivity index (χ2n) is 5.35. The molecule has 2 fully saturated rings. The van der Waals surface area contributed by atoms with Crippen LogP contribution in [-0.2, 0) is 5.41 Å². The molecule has 2 saturated heterocycles. The molecule has 2 aliphatic rings. The summed E-state index contributed by atoms with van der Waals surface area (Å²) >= 11 is 0. The fraction of sp³-hybridized carbons (Fsp3) is 0.538. The monoisotopic (exact) mass is 217 g/mol. The second kappa shape index (κ2) is 3.55. The molecule has 86 valence electrons. The Balaban J connectivity index is 2.01. The number of fused-ring (bicyclic) bond motifs is 1. The minimum Gasteiger partial charge on any atom is -0.305 e. The smallest absolute Gasteiger partial charge is 0.0274 e. The molecule has 2 aliphatic heterocycles. The van der Waals surface area contributed by atoms with Crippen LogP contribution in [0.5, 0.6) is 0 Å². The first-order valence-corrected chi connectivity index (χ1v) is 5.94. The van der Waals surface area contributed by atoms with Crippen molar-refractivity contribution in [2.45, 2.75) is 5.41 Å². The summed E-state index contributed by atoms with van der Waals surface area (Å²) in [5.41, 5.74) is 1.72. The molecule has 0 radical (unpaired) electrons. The van der Waals surface area contributed by atoms with Crippen molar-refractivity contribution in [3.8, 4) is 0 Å². The molecule has 0 bridgehead atoms. The fourth-order valence-corrected chi connectivity index (χ4v) is 3.54. The van der Waals surface area contributed by atoms with Gasteiger partial charge >= 0.3 is 0 Å². The summed E-state index contributed by atoms with van der Waals surface area (Å²) in [6, 6.07) is 10.9. The standard InChI is InChI=1S/C13H19N3/c1-15-7-12-8-16(14)10-13(12,9-15)11-5-3-2-4-6-11/h2-6,12H,7-10,14H2,1H3/t12-,13+/m0/s1. The van der Waals surface area contributed by atoms with Crippen LogP contribution >= 0.6 is 0 Å². The van der Waals surface area contributed by atoms with Crippen molar-refractivity contribution >= 4 is 0 Å². The van der Waals surface area contributed by atoms with E-state index in [1.807, 2.05) is 5.01 Å². The third-order valence-corrected chi connectivity index (χ3v) is 4.15. The van der Waals surface area contributed by atoms with Gasteiger partial charge in [-0.05, 0) is 18.5 Å². The van der Waals surface area contributed by atoms with Crippen molar-refractivity contribution < 1.29 is 0 Å². The molecule has 16 heavy (non-hydrogen) atoms. The Kier molecular flexibility index (Phi) is 2.28. The Bertz CT molecular complexity index is 362.